The van der Waals surface area contributed by atoms with Crippen LogP contribution in [0.2, 0.25) is 0 Å². The molecule has 0 unspecified atom stereocenters. The maximum absolute atomic E-state index is 11.1. The van der Waals surface area contributed by atoms with Crippen LogP contribution in [0.15, 0.2) is 49.1 Å². The second kappa shape index (κ2) is 10.3. The maximum Gasteiger partial charge on any atom is 0.330 e. The fraction of sp³-hybridized carbons (Fsp3) is 0.370. The number of fused-ring (bicyclic) bond motifs is 1. The van der Waals surface area contributed by atoms with E-state index < -0.39 is 5.97 Å². The van der Waals surface area contributed by atoms with E-state index in [-0.39, 0.29) is 0 Å². The number of carbonyl (C=O) groups is 1. The van der Waals surface area contributed by atoms with Crippen LogP contribution >= 0.6 is 0 Å². The molecule has 3 nitrogen and oxygen atoms in total. The van der Waals surface area contributed by atoms with E-state index in [1.807, 2.05) is 6.07 Å². The third-order valence-corrected chi connectivity index (χ3v) is 5.59. The summed E-state index contributed by atoms with van der Waals surface area (Å²) in [7, 11) is 0. The summed E-state index contributed by atoms with van der Waals surface area (Å²) >= 11 is 0. The summed E-state index contributed by atoms with van der Waals surface area (Å²) in [5.41, 5.74) is 7.99. The molecule has 0 aliphatic heterocycles. The van der Waals surface area contributed by atoms with Crippen molar-refractivity contribution in [3.63, 3.8) is 0 Å². The molecule has 2 aromatic carbocycles. The van der Waals surface area contributed by atoms with Crippen molar-refractivity contribution in [3.05, 3.63) is 76.9 Å². The van der Waals surface area contributed by atoms with Gasteiger partial charge in [-0.3, -0.25) is 0 Å². The first-order valence-electron chi connectivity index (χ1n) is 10.8. The van der Waals surface area contributed by atoms with Crippen LogP contribution in [0.3, 0.4) is 0 Å². The molecular weight excluding hydrogens is 372 g/mol. The Labute approximate surface area is 180 Å². The third kappa shape index (κ3) is 5.41. The van der Waals surface area contributed by atoms with Crippen molar-refractivity contribution in [2.75, 3.05) is 13.2 Å². The lowest BCUT2D eigenvalue weighted by Gasteiger charge is -2.13. The van der Waals surface area contributed by atoms with Gasteiger partial charge in [-0.25, -0.2) is 4.79 Å². The number of allylic oxidation sites excluding steroid dienone is 1. The van der Waals surface area contributed by atoms with Crippen LogP contribution in [0, 0.1) is 6.92 Å². The number of hydrogen-bond donors (Lipinski definition) is 0. The van der Waals surface area contributed by atoms with Gasteiger partial charge in [0.15, 0.2) is 0 Å². The van der Waals surface area contributed by atoms with Gasteiger partial charge in [-0.05, 0) is 66.0 Å². The highest BCUT2D eigenvalue weighted by atomic mass is 16.5. The van der Waals surface area contributed by atoms with Gasteiger partial charge in [0.1, 0.15) is 5.75 Å². The molecule has 0 amide bonds. The second-order valence-electron chi connectivity index (χ2n) is 8.15. The molecule has 0 bridgehead atoms. The average molecular weight is 405 g/mol. The Balaban J connectivity index is 1.75. The molecule has 3 heteroatoms. The van der Waals surface area contributed by atoms with Gasteiger partial charge < -0.3 is 9.47 Å². The minimum Gasteiger partial charge on any atom is -0.493 e. The van der Waals surface area contributed by atoms with Gasteiger partial charge in [-0.15, -0.1) is 0 Å². The van der Waals surface area contributed by atoms with E-state index in [9.17, 15) is 4.79 Å². The molecule has 1 aliphatic carbocycles. The fourth-order valence-electron chi connectivity index (χ4n) is 3.93. The van der Waals surface area contributed by atoms with Crippen molar-refractivity contribution >= 4 is 17.6 Å². The zero-order valence-corrected chi connectivity index (χ0v) is 18.4. The first-order valence-corrected chi connectivity index (χ1v) is 10.8. The number of esters is 1. The highest BCUT2D eigenvalue weighted by Crippen LogP contribution is 2.35. The molecule has 0 spiro atoms. The predicted octanol–water partition coefficient (Wildman–Crippen LogP) is 6.49. The summed E-state index contributed by atoms with van der Waals surface area (Å²) in [6, 6.07) is 13.1. The van der Waals surface area contributed by atoms with Crippen LogP contribution in [0.1, 0.15) is 66.8 Å². The first kappa shape index (κ1) is 21.9. The van der Waals surface area contributed by atoms with Crippen LogP contribution in [-0.4, -0.2) is 19.2 Å². The van der Waals surface area contributed by atoms with Gasteiger partial charge in [-0.2, -0.15) is 0 Å². The number of carbonyl (C=O) groups excluding carboxylic acids is 1. The molecule has 30 heavy (non-hydrogen) atoms. The van der Waals surface area contributed by atoms with Crippen LogP contribution in [-0.2, 0) is 16.0 Å². The number of benzene rings is 2. The second-order valence-corrected chi connectivity index (χ2v) is 8.15. The SMILES string of the molecule is C=CC(=O)OCCCOc1cccc2c1CCCC(c1ccc(C(C)C)cc1C)=C2. The lowest BCUT2D eigenvalue weighted by molar-refractivity contribution is -0.137. The Morgan fingerprint density at radius 2 is 2.00 bits per heavy atom. The highest BCUT2D eigenvalue weighted by molar-refractivity contribution is 5.85. The molecule has 0 saturated carbocycles. The Kier molecular flexibility index (Phi) is 7.51. The summed E-state index contributed by atoms with van der Waals surface area (Å²) in [6.07, 6.45) is 7.33. The monoisotopic (exact) mass is 404 g/mol. The zero-order chi connectivity index (χ0) is 21.5. The van der Waals surface area contributed by atoms with Crippen molar-refractivity contribution in [3.8, 4) is 5.75 Å². The van der Waals surface area contributed by atoms with Gasteiger partial charge in [0.05, 0.1) is 13.2 Å². The summed E-state index contributed by atoms with van der Waals surface area (Å²) in [4.78, 5) is 11.1. The van der Waals surface area contributed by atoms with Crippen molar-refractivity contribution < 1.29 is 14.3 Å². The zero-order valence-electron chi connectivity index (χ0n) is 18.4. The summed E-state index contributed by atoms with van der Waals surface area (Å²) in [5.74, 6) is 1.09. The van der Waals surface area contributed by atoms with Gasteiger partial charge in [-0.1, -0.05) is 56.8 Å². The molecule has 0 saturated heterocycles. The van der Waals surface area contributed by atoms with Gasteiger partial charge in [0.2, 0.25) is 0 Å². The van der Waals surface area contributed by atoms with Gasteiger partial charge in [0, 0.05) is 18.1 Å². The molecule has 0 heterocycles. The highest BCUT2D eigenvalue weighted by Gasteiger charge is 2.16. The Morgan fingerprint density at radius 1 is 1.17 bits per heavy atom. The number of ether oxygens (including phenoxy) is 2. The van der Waals surface area contributed by atoms with Crippen LogP contribution in [0.4, 0.5) is 0 Å². The molecule has 0 radical (unpaired) electrons. The lowest BCUT2D eigenvalue weighted by atomic mass is 9.92. The number of hydrogen-bond acceptors (Lipinski definition) is 3. The van der Waals surface area contributed by atoms with Gasteiger partial charge in [0.25, 0.3) is 0 Å². The van der Waals surface area contributed by atoms with E-state index >= 15 is 0 Å². The minimum atomic E-state index is -0.391. The molecule has 0 N–H and O–H groups in total. The van der Waals surface area contributed by atoms with Crippen molar-refractivity contribution in [1.82, 2.24) is 0 Å². The van der Waals surface area contributed by atoms with Crippen molar-refractivity contribution in [2.24, 2.45) is 0 Å². The van der Waals surface area contributed by atoms with E-state index in [0.717, 1.165) is 25.0 Å². The Hall–Kier alpha value is -2.81. The summed E-state index contributed by atoms with van der Waals surface area (Å²) in [6.45, 7) is 11.0. The van der Waals surface area contributed by atoms with E-state index in [2.05, 4.69) is 63.8 Å². The molecule has 0 fully saturated rings. The molecule has 3 rings (SSSR count). The van der Waals surface area contributed by atoms with Crippen molar-refractivity contribution in [2.45, 2.75) is 52.4 Å². The number of aryl methyl sites for hydroxylation is 1. The molecule has 0 atom stereocenters. The summed E-state index contributed by atoms with van der Waals surface area (Å²) in [5, 5.41) is 0. The molecule has 1 aliphatic rings. The lowest BCUT2D eigenvalue weighted by Crippen LogP contribution is -2.07. The normalized spacial score (nSPS) is 13.3. The van der Waals surface area contributed by atoms with Gasteiger partial charge >= 0.3 is 5.97 Å². The third-order valence-electron chi connectivity index (χ3n) is 5.59. The topological polar surface area (TPSA) is 35.5 Å². The maximum atomic E-state index is 11.1. The standard InChI is InChI=1S/C27H32O3/c1-5-27(28)30-16-8-15-29-26-12-7-10-23-18-22(9-6-11-25(23)26)24-14-13-21(19(2)3)17-20(24)4/h5,7,10,12-14,17-19H,1,6,8-9,11,15-16H2,2-4H3. The van der Waals surface area contributed by atoms with E-state index in [0.29, 0.717) is 25.6 Å². The molecule has 158 valence electrons. The van der Waals surface area contributed by atoms with Crippen molar-refractivity contribution in [1.29, 1.82) is 0 Å². The predicted molar refractivity (Wildman–Crippen MR) is 124 cm³/mol. The minimum absolute atomic E-state index is 0.343. The quantitative estimate of drug-likeness (QED) is 0.286. The first-order chi connectivity index (χ1) is 14.5. The molecule has 2 aromatic rings. The smallest absolute Gasteiger partial charge is 0.330 e. The Morgan fingerprint density at radius 3 is 2.73 bits per heavy atom. The van der Waals surface area contributed by atoms with Crippen LogP contribution < -0.4 is 4.74 Å². The largest absolute Gasteiger partial charge is 0.493 e. The Bertz CT molecular complexity index is 937. The summed E-state index contributed by atoms with van der Waals surface area (Å²) < 4.78 is 11.0. The molecular formula is C27H32O3. The van der Waals surface area contributed by atoms with E-state index in [1.165, 1.54) is 39.5 Å². The van der Waals surface area contributed by atoms with E-state index in [1.54, 1.807) is 0 Å². The van der Waals surface area contributed by atoms with E-state index in [4.69, 9.17) is 9.47 Å². The van der Waals surface area contributed by atoms with Crippen LogP contribution in [0.25, 0.3) is 11.6 Å². The average Bonchev–Trinajstić information content (AvgIpc) is 2.96. The molecule has 0 aromatic heterocycles. The number of rotatable bonds is 8. The van der Waals surface area contributed by atoms with Crippen LogP contribution in [0.5, 0.6) is 5.75 Å². The fourth-order valence-corrected chi connectivity index (χ4v) is 3.93.